The van der Waals surface area contributed by atoms with Crippen LogP contribution in [0.2, 0.25) is 0 Å². The molecule has 8 heteroatoms. The Labute approximate surface area is 177 Å². The average Bonchev–Trinajstić information content (AvgIpc) is 3.43. The number of fused-ring (bicyclic) bond motifs is 3. The molecule has 0 spiro atoms. The summed E-state index contributed by atoms with van der Waals surface area (Å²) in [4.78, 5) is 20.3. The van der Waals surface area contributed by atoms with E-state index in [1.54, 1.807) is 19.1 Å². The zero-order valence-corrected chi connectivity index (χ0v) is 17.4. The van der Waals surface area contributed by atoms with Gasteiger partial charge < -0.3 is 14.4 Å². The fourth-order valence-electron chi connectivity index (χ4n) is 4.33. The van der Waals surface area contributed by atoms with Crippen molar-refractivity contribution in [2.75, 3.05) is 26.2 Å². The highest BCUT2D eigenvalue weighted by Gasteiger charge is 2.43. The molecular weight excluding hydrogens is 405 g/mol. The van der Waals surface area contributed by atoms with Gasteiger partial charge in [0.25, 0.3) is 5.19 Å². The first-order valence-electron chi connectivity index (χ1n) is 10.0. The van der Waals surface area contributed by atoms with Crippen LogP contribution in [0.5, 0.6) is 16.7 Å². The second-order valence-electron chi connectivity index (χ2n) is 7.70. The minimum atomic E-state index is -0.288. The third-order valence-electron chi connectivity index (χ3n) is 5.78. The molecule has 6 nitrogen and oxygen atoms in total. The SMILES string of the molecule is CC(=O)N1C[C@H]2C[C@@H]1CN2CCOc1ccc(Oc2nc3cccc(F)c3s2)cc1. The first-order valence-corrected chi connectivity index (χ1v) is 10.9. The summed E-state index contributed by atoms with van der Waals surface area (Å²) >= 11 is 1.19. The summed E-state index contributed by atoms with van der Waals surface area (Å²) in [5.41, 5.74) is 0.594. The summed E-state index contributed by atoms with van der Waals surface area (Å²) < 4.78 is 25.9. The molecule has 0 radical (unpaired) electrons. The maximum absolute atomic E-state index is 13.8. The van der Waals surface area contributed by atoms with E-state index in [4.69, 9.17) is 9.47 Å². The van der Waals surface area contributed by atoms with Crippen LogP contribution in [-0.2, 0) is 4.79 Å². The molecule has 2 fully saturated rings. The van der Waals surface area contributed by atoms with Crippen LogP contribution >= 0.6 is 11.3 Å². The molecule has 0 N–H and O–H groups in total. The molecule has 3 heterocycles. The molecule has 3 aromatic rings. The lowest BCUT2D eigenvalue weighted by atomic mass is 10.2. The molecule has 156 valence electrons. The van der Waals surface area contributed by atoms with Crippen molar-refractivity contribution in [1.29, 1.82) is 0 Å². The fourth-order valence-corrected chi connectivity index (χ4v) is 5.17. The topological polar surface area (TPSA) is 54.9 Å². The number of carbonyl (C=O) groups is 1. The summed E-state index contributed by atoms with van der Waals surface area (Å²) in [6.07, 6.45) is 1.07. The number of likely N-dealkylation sites (tertiary alicyclic amines) is 2. The Hall–Kier alpha value is -2.71. The fraction of sp³-hybridized carbons (Fsp3) is 0.364. The van der Waals surface area contributed by atoms with Crippen molar-refractivity contribution in [2.45, 2.75) is 25.4 Å². The van der Waals surface area contributed by atoms with Crippen molar-refractivity contribution in [3.8, 4) is 16.7 Å². The second-order valence-corrected chi connectivity index (χ2v) is 8.66. The molecule has 30 heavy (non-hydrogen) atoms. The van der Waals surface area contributed by atoms with Gasteiger partial charge in [0.15, 0.2) is 0 Å². The van der Waals surface area contributed by atoms with Crippen LogP contribution in [0.4, 0.5) is 4.39 Å². The molecule has 2 aromatic carbocycles. The Morgan fingerprint density at radius 3 is 2.67 bits per heavy atom. The Morgan fingerprint density at radius 1 is 1.17 bits per heavy atom. The quantitative estimate of drug-likeness (QED) is 0.597. The predicted octanol–water partition coefficient (Wildman–Crippen LogP) is 3.91. The van der Waals surface area contributed by atoms with E-state index in [1.165, 1.54) is 17.4 Å². The van der Waals surface area contributed by atoms with Gasteiger partial charge in [0, 0.05) is 38.6 Å². The van der Waals surface area contributed by atoms with Gasteiger partial charge in [-0.15, -0.1) is 0 Å². The number of rotatable bonds is 6. The van der Waals surface area contributed by atoms with Crippen LogP contribution in [0, 0.1) is 5.82 Å². The van der Waals surface area contributed by atoms with Gasteiger partial charge in [-0.1, -0.05) is 17.4 Å². The van der Waals surface area contributed by atoms with Gasteiger partial charge in [0.1, 0.15) is 23.9 Å². The van der Waals surface area contributed by atoms with E-state index < -0.39 is 0 Å². The Morgan fingerprint density at radius 2 is 1.97 bits per heavy atom. The van der Waals surface area contributed by atoms with Gasteiger partial charge in [-0.3, -0.25) is 9.69 Å². The van der Waals surface area contributed by atoms with E-state index in [9.17, 15) is 9.18 Å². The summed E-state index contributed by atoms with van der Waals surface area (Å²) in [5, 5.41) is 0.410. The van der Waals surface area contributed by atoms with E-state index in [2.05, 4.69) is 9.88 Å². The molecule has 0 aliphatic carbocycles. The number of aromatic nitrogens is 1. The minimum absolute atomic E-state index is 0.177. The lowest BCUT2D eigenvalue weighted by molar-refractivity contribution is -0.131. The minimum Gasteiger partial charge on any atom is -0.492 e. The maximum Gasteiger partial charge on any atom is 0.279 e. The third kappa shape index (κ3) is 3.73. The molecule has 2 atom stereocenters. The summed E-state index contributed by atoms with van der Waals surface area (Å²) in [5.74, 6) is 1.29. The van der Waals surface area contributed by atoms with E-state index in [0.29, 0.717) is 39.9 Å². The Bertz CT molecular complexity index is 1070. The molecule has 2 bridgehead atoms. The first kappa shape index (κ1) is 19.3. The highest BCUT2D eigenvalue weighted by atomic mass is 32.1. The molecule has 2 aliphatic heterocycles. The summed E-state index contributed by atoms with van der Waals surface area (Å²) in [6, 6.07) is 13.0. The number of hydrogen-bond donors (Lipinski definition) is 0. The van der Waals surface area contributed by atoms with Gasteiger partial charge in [0.2, 0.25) is 5.91 Å². The maximum atomic E-state index is 13.8. The average molecular weight is 428 g/mol. The predicted molar refractivity (Wildman–Crippen MR) is 113 cm³/mol. The molecule has 2 aliphatic rings. The van der Waals surface area contributed by atoms with Gasteiger partial charge >= 0.3 is 0 Å². The highest BCUT2D eigenvalue weighted by Crippen LogP contribution is 2.33. The summed E-state index contributed by atoms with van der Waals surface area (Å²) in [7, 11) is 0. The molecular formula is C22H22FN3O3S. The Balaban J connectivity index is 1.12. The number of hydrogen-bond acceptors (Lipinski definition) is 6. The van der Waals surface area contributed by atoms with E-state index in [1.807, 2.05) is 29.2 Å². The van der Waals surface area contributed by atoms with Crippen molar-refractivity contribution >= 4 is 27.5 Å². The largest absolute Gasteiger partial charge is 0.492 e. The molecule has 0 saturated carbocycles. The van der Waals surface area contributed by atoms with Crippen LogP contribution in [0.3, 0.4) is 0 Å². The second kappa shape index (κ2) is 7.85. The molecule has 0 unspecified atom stereocenters. The number of nitrogens with zero attached hydrogens (tertiary/aromatic N) is 3. The van der Waals surface area contributed by atoms with Crippen molar-refractivity contribution in [1.82, 2.24) is 14.8 Å². The monoisotopic (exact) mass is 427 g/mol. The van der Waals surface area contributed by atoms with Crippen LogP contribution in [-0.4, -0.2) is 59.0 Å². The number of ether oxygens (including phenoxy) is 2. The molecule has 1 amide bonds. The highest BCUT2D eigenvalue weighted by molar-refractivity contribution is 7.20. The number of carbonyl (C=O) groups excluding carboxylic acids is 1. The van der Waals surface area contributed by atoms with Crippen molar-refractivity contribution in [3.05, 3.63) is 48.3 Å². The van der Waals surface area contributed by atoms with Crippen molar-refractivity contribution < 1.29 is 18.7 Å². The standard InChI is InChI=1S/C22H22FN3O3S/c1-14(27)26-13-15-11-16(26)12-25(15)9-10-28-17-5-7-18(8-6-17)29-22-24-20-4-2-3-19(23)21(20)30-22/h2-8,15-16H,9-13H2,1H3/t15-,16-/m1/s1. The van der Waals surface area contributed by atoms with Crippen LogP contribution in [0.25, 0.3) is 10.2 Å². The number of amides is 1. The van der Waals surface area contributed by atoms with Crippen LogP contribution in [0.1, 0.15) is 13.3 Å². The Kier molecular flexibility index (Phi) is 5.04. The van der Waals surface area contributed by atoms with Crippen molar-refractivity contribution in [2.24, 2.45) is 0 Å². The van der Waals surface area contributed by atoms with E-state index >= 15 is 0 Å². The number of piperazine rings is 1. The molecule has 2 saturated heterocycles. The molecule has 5 rings (SSSR count). The molecule has 1 aromatic heterocycles. The number of thiazole rings is 1. The lowest BCUT2D eigenvalue weighted by Crippen LogP contribution is -2.48. The van der Waals surface area contributed by atoms with Gasteiger partial charge in [0.05, 0.1) is 10.2 Å². The van der Waals surface area contributed by atoms with E-state index in [0.717, 1.165) is 31.8 Å². The lowest BCUT2D eigenvalue weighted by Gasteiger charge is -2.33. The van der Waals surface area contributed by atoms with Crippen molar-refractivity contribution in [3.63, 3.8) is 0 Å². The summed E-state index contributed by atoms with van der Waals surface area (Å²) in [6.45, 7) is 4.87. The van der Waals surface area contributed by atoms with Crippen LogP contribution < -0.4 is 9.47 Å². The zero-order valence-electron chi connectivity index (χ0n) is 16.6. The van der Waals surface area contributed by atoms with Gasteiger partial charge in [-0.25, -0.2) is 9.37 Å². The van der Waals surface area contributed by atoms with E-state index in [-0.39, 0.29) is 11.7 Å². The van der Waals surface area contributed by atoms with Crippen LogP contribution in [0.15, 0.2) is 42.5 Å². The number of halogens is 1. The third-order valence-corrected chi connectivity index (χ3v) is 6.74. The normalized spacial score (nSPS) is 20.8. The van der Waals surface area contributed by atoms with Gasteiger partial charge in [-0.05, 0) is 42.8 Å². The van der Waals surface area contributed by atoms with Gasteiger partial charge in [-0.2, -0.15) is 0 Å². The zero-order chi connectivity index (χ0) is 20.7. The smallest absolute Gasteiger partial charge is 0.279 e. The number of benzene rings is 2. The first-order chi connectivity index (χ1) is 14.6.